The molecule has 0 saturated carbocycles. The summed E-state index contributed by atoms with van der Waals surface area (Å²) in [6.07, 6.45) is -12.9. The van der Waals surface area contributed by atoms with Gasteiger partial charge in [-0.1, -0.05) is 0 Å². The van der Waals surface area contributed by atoms with E-state index in [9.17, 15) is 63.1 Å². The molecule has 0 nitrogen and oxygen atoms in total. The summed E-state index contributed by atoms with van der Waals surface area (Å²) in [4.78, 5) is 0. The monoisotopic (exact) mass is 470 g/mol. The number of alkyl halides is 8. The third-order valence-electron chi connectivity index (χ3n) is 3.24. The Balaban J connectivity index is 4.02. The number of allylic oxidation sites excluding steroid dienone is 4. The molecule has 0 aromatic rings. The molecule has 0 fully saturated rings. The molecule has 0 radical (unpaired) electrons. The van der Waals surface area contributed by atoms with Gasteiger partial charge in [0.25, 0.3) is 0 Å². The van der Waals surface area contributed by atoms with E-state index in [1.54, 1.807) is 0 Å². The van der Waals surface area contributed by atoms with E-state index in [4.69, 9.17) is 0 Å². The molecule has 1 aliphatic carbocycles. The van der Waals surface area contributed by atoms with Crippen molar-refractivity contribution in [2.75, 3.05) is 0 Å². The van der Waals surface area contributed by atoms with Crippen LogP contribution in [0.2, 0.25) is 4.20 Å². The first-order valence-electron chi connectivity index (χ1n) is 5.44. The predicted octanol–water partition coefficient (Wildman–Crippen LogP) is 5.79. The Labute approximate surface area is 130 Å². The molecule has 2 unspecified atom stereocenters. The van der Waals surface area contributed by atoms with Crippen LogP contribution in [-0.2, 0) is 0 Å². The molecule has 2 atom stereocenters. The molecule has 1 aliphatic rings. The van der Waals surface area contributed by atoms with Gasteiger partial charge in [-0.2, -0.15) is 0 Å². The van der Waals surface area contributed by atoms with Gasteiger partial charge < -0.3 is 0 Å². The van der Waals surface area contributed by atoms with Crippen LogP contribution < -0.4 is 0 Å². The second kappa shape index (κ2) is 5.74. The third kappa shape index (κ3) is 2.55. The zero-order chi connectivity index (χ0) is 20.4. The number of hydrogen-bond donors (Lipinski definition) is 0. The first-order chi connectivity index (χ1) is 10.8. The molecular weight excluding hydrogens is 468 g/mol. The van der Waals surface area contributed by atoms with Gasteiger partial charge in [0, 0.05) is 0 Å². The van der Waals surface area contributed by atoms with Gasteiger partial charge in [0.15, 0.2) is 0 Å². The standard InChI is InChI=1S/C9H2AsF15/c11-1-2(12)4(14)6(10(23,24)25,5(15)3(1)13)7(16,17)8(18,19)9(20,21)22/h4,10H. The summed E-state index contributed by atoms with van der Waals surface area (Å²) in [7, 11) is 0. The fourth-order valence-electron chi connectivity index (χ4n) is 1.96. The minimum absolute atomic E-state index is 3.40. The van der Waals surface area contributed by atoms with Crippen LogP contribution in [0.4, 0.5) is 63.1 Å². The van der Waals surface area contributed by atoms with E-state index in [-0.39, 0.29) is 0 Å². The van der Waals surface area contributed by atoms with Gasteiger partial charge in [0.1, 0.15) is 0 Å². The van der Waals surface area contributed by atoms with Gasteiger partial charge in [-0.15, -0.1) is 0 Å². The summed E-state index contributed by atoms with van der Waals surface area (Å²) < 4.78 is 187. The molecule has 1 rings (SSSR count). The van der Waals surface area contributed by atoms with Crippen LogP contribution in [-0.4, -0.2) is 39.2 Å². The third-order valence-corrected chi connectivity index (χ3v) is 6.76. The molecule has 16 heteroatoms. The van der Waals surface area contributed by atoms with Gasteiger partial charge in [-0.25, -0.2) is 0 Å². The Morgan fingerprint density at radius 3 is 1.48 bits per heavy atom. The number of hydrogen-bond acceptors (Lipinski definition) is 0. The zero-order valence-corrected chi connectivity index (χ0v) is 12.8. The molecule has 0 amide bonds. The molecule has 0 aromatic carbocycles. The summed E-state index contributed by atoms with van der Waals surface area (Å²) >= 11 is -9.80. The molecule has 0 bridgehead atoms. The molecule has 0 N–H and O–H groups in total. The molecule has 148 valence electrons. The second-order valence-corrected chi connectivity index (χ2v) is 8.35. The van der Waals surface area contributed by atoms with Crippen LogP contribution in [0.5, 0.6) is 0 Å². The van der Waals surface area contributed by atoms with Gasteiger partial charge in [0.2, 0.25) is 0 Å². The van der Waals surface area contributed by atoms with Gasteiger partial charge in [-0.3, -0.25) is 0 Å². The molecule has 0 aliphatic heterocycles. The quantitative estimate of drug-likeness (QED) is 0.362. The van der Waals surface area contributed by atoms with E-state index >= 15 is 0 Å². The van der Waals surface area contributed by atoms with Crippen molar-refractivity contribution in [1.82, 2.24) is 0 Å². The van der Waals surface area contributed by atoms with E-state index in [0.29, 0.717) is 0 Å². The Kier molecular flexibility index (Phi) is 5.06. The average Bonchev–Trinajstić information content (AvgIpc) is 2.40. The number of halogens is 15. The predicted molar refractivity (Wildman–Crippen MR) is 52.5 cm³/mol. The molecular formula is C9H2AsF15. The Morgan fingerprint density at radius 2 is 1.16 bits per heavy atom. The summed E-state index contributed by atoms with van der Waals surface area (Å²) in [6.45, 7) is 0. The second-order valence-electron chi connectivity index (χ2n) is 4.60. The van der Waals surface area contributed by atoms with Crippen LogP contribution in [0, 0.1) is 0 Å². The van der Waals surface area contributed by atoms with E-state index in [0.717, 1.165) is 0 Å². The summed E-state index contributed by atoms with van der Waals surface area (Å²) in [5.41, 5.74) is 0. The van der Waals surface area contributed by atoms with Crippen LogP contribution in [0.15, 0.2) is 23.3 Å². The van der Waals surface area contributed by atoms with Crippen molar-refractivity contribution in [3.05, 3.63) is 23.3 Å². The first-order valence-corrected chi connectivity index (χ1v) is 8.87. The Hall–Kier alpha value is -1.01. The number of rotatable bonds is 3. The van der Waals surface area contributed by atoms with Crippen molar-refractivity contribution >= 4 is 15.0 Å². The van der Waals surface area contributed by atoms with E-state index < -0.39 is 66.7 Å². The maximum absolute atomic E-state index is 13.6. The normalized spacial score (nSPS) is 27.9. The molecule has 0 spiro atoms. The SMILES string of the molecule is FC1=C(F)C(F)C(C(F)(F)C(F)(F)C(F)(F)F)([AsH](F)(F)F)C(F)=C1F. The molecule has 0 heterocycles. The van der Waals surface area contributed by atoms with Crippen molar-refractivity contribution in [2.24, 2.45) is 0 Å². The average molecular weight is 470 g/mol. The fraction of sp³-hybridized carbons (Fsp3) is 0.556. The maximum atomic E-state index is 13.6. The van der Waals surface area contributed by atoms with Crippen molar-refractivity contribution in [1.29, 1.82) is 0 Å². The molecule has 0 saturated heterocycles. The van der Waals surface area contributed by atoms with E-state index in [1.165, 1.54) is 0 Å². The van der Waals surface area contributed by atoms with E-state index in [1.807, 2.05) is 0 Å². The van der Waals surface area contributed by atoms with Gasteiger partial charge >= 0.3 is 130 Å². The minimum atomic E-state index is -9.80. The topological polar surface area (TPSA) is 0 Å². The van der Waals surface area contributed by atoms with Crippen LogP contribution in [0.3, 0.4) is 0 Å². The van der Waals surface area contributed by atoms with Crippen molar-refractivity contribution in [3.63, 3.8) is 0 Å². The van der Waals surface area contributed by atoms with Crippen LogP contribution >= 0.6 is 0 Å². The van der Waals surface area contributed by atoms with Gasteiger partial charge in [-0.05, 0) is 0 Å². The summed E-state index contributed by atoms with van der Waals surface area (Å²) in [5, 5.41) is 0. The van der Waals surface area contributed by atoms with Gasteiger partial charge in [0.05, 0.1) is 0 Å². The Bertz CT molecular complexity index is 622. The molecule has 0 aromatic heterocycles. The van der Waals surface area contributed by atoms with E-state index in [2.05, 4.69) is 0 Å². The first kappa shape index (κ1) is 22.0. The summed E-state index contributed by atoms with van der Waals surface area (Å²) in [6, 6.07) is 0. The van der Waals surface area contributed by atoms with Crippen LogP contribution in [0.1, 0.15) is 0 Å². The Morgan fingerprint density at radius 1 is 0.760 bits per heavy atom. The van der Waals surface area contributed by atoms with Crippen molar-refractivity contribution in [2.45, 2.75) is 28.4 Å². The zero-order valence-electron chi connectivity index (χ0n) is 10.7. The fourth-order valence-corrected chi connectivity index (χ4v) is 4.65. The molecule has 25 heavy (non-hydrogen) atoms. The van der Waals surface area contributed by atoms with Crippen molar-refractivity contribution in [3.8, 4) is 0 Å². The van der Waals surface area contributed by atoms with Crippen molar-refractivity contribution < 1.29 is 63.1 Å². The summed E-state index contributed by atoms with van der Waals surface area (Å²) in [5.74, 6) is -30.8. The van der Waals surface area contributed by atoms with Crippen LogP contribution in [0.25, 0.3) is 0 Å².